The van der Waals surface area contributed by atoms with Gasteiger partial charge in [0.15, 0.2) is 0 Å². The first-order valence-corrected chi connectivity index (χ1v) is 8.52. The second-order valence-corrected chi connectivity index (χ2v) is 7.24. The lowest BCUT2D eigenvalue weighted by Crippen LogP contribution is -2.43. The summed E-state index contributed by atoms with van der Waals surface area (Å²) < 4.78 is 37.4. The minimum absolute atomic E-state index is 0.218. The fourth-order valence-electron chi connectivity index (χ4n) is 3.87. The Bertz CT molecular complexity index is 753. The highest BCUT2D eigenvalue weighted by Crippen LogP contribution is 2.40. The molecule has 0 radical (unpaired) electrons. The fourth-order valence-corrected chi connectivity index (χ4v) is 3.87. The summed E-state index contributed by atoms with van der Waals surface area (Å²) in [7, 11) is 0. The van der Waals surface area contributed by atoms with Crippen molar-refractivity contribution in [3.05, 3.63) is 35.4 Å². The lowest BCUT2D eigenvalue weighted by molar-refractivity contribution is -0.157. The van der Waals surface area contributed by atoms with E-state index in [1.54, 1.807) is 12.1 Å². The van der Waals surface area contributed by atoms with Gasteiger partial charge in [-0.05, 0) is 24.0 Å². The number of benzene rings is 1. The summed E-state index contributed by atoms with van der Waals surface area (Å²) >= 11 is 0. The molecule has 1 heterocycles. The average molecular weight is 384 g/mol. The van der Waals surface area contributed by atoms with Crippen LogP contribution >= 0.6 is 0 Å². The Balaban J connectivity index is 1.62. The highest BCUT2D eigenvalue weighted by Gasteiger charge is 2.46. The van der Waals surface area contributed by atoms with Crippen molar-refractivity contribution < 1.29 is 32.7 Å². The molecule has 0 aromatic heterocycles. The highest BCUT2D eigenvalue weighted by atomic mass is 19.4. The first kappa shape index (κ1) is 19.2. The molecular formula is C18H19F3N2O4. The van der Waals surface area contributed by atoms with Crippen molar-refractivity contribution in [2.75, 3.05) is 13.1 Å². The van der Waals surface area contributed by atoms with Crippen LogP contribution in [0.2, 0.25) is 0 Å². The minimum Gasteiger partial charge on any atom is -0.481 e. The van der Waals surface area contributed by atoms with E-state index in [0.717, 1.165) is 11.1 Å². The molecule has 0 spiro atoms. The van der Waals surface area contributed by atoms with Crippen LogP contribution in [0.15, 0.2) is 24.3 Å². The third-order valence-electron chi connectivity index (χ3n) is 5.08. The van der Waals surface area contributed by atoms with E-state index in [1.165, 1.54) is 0 Å². The van der Waals surface area contributed by atoms with Gasteiger partial charge in [0.2, 0.25) is 11.8 Å². The zero-order valence-corrected chi connectivity index (χ0v) is 14.4. The SMILES string of the molecule is O=C(CC1(C(=O)O)Cc2ccccc2C1)N[C@@H]1CC(=O)N(CC(F)(F)F)C1. The van der Waals surface area contributed by atoms with Crippen molar-refractivity contribution in [2.45, 2.75) is 37.9 Å². The quantitative estimate of drug-likeness (QED) is 0.806. The van der Waals surface area contributed by atoms with Crippen molar-refractivity contribution in [2.24, 2.45) is 5.41 Å². The van der Waals surface area contributed by atoms with Crippen LogP contribution in [0.3, 0.4) is 0 Å². The number of fused-ring (bicyclic) bond motifs is 1. The number of carbonyl (C=O) groups is 3. The van der Waals surface area contributed by atoms with E-state index in [4.69, 9.17) is 0 Å². The van der Waals surface area contributed by atoms with Gasteiger partial charge in [0.1, 0.15) is 6.54 Å². The lowest BCUT2D eigenvalue weighted by atomic mass is 9.81. The summed E-state index contributed by atoms with van der Waals surface area (Å²) in [6.45, 7) is -1.59. The number of carbonyl (C=O) groups excluding carboxylic acids is 2. The number of likely N-dealkylation sites (tertiary alicyclic amines) is 1. The van der Waals surface area contributed by atoms with Gasteiger partial charge in [-0.3, -0.25) is 14.4 Å². The lowest BCUT2D eigenvalue weighted by Gasteiger charge is -2.24. The van der Waals surface area contributed by atoms with Crippen molar-refractivity contribution in [1.29, 1.82) is 0 Å². The molecular weight excluding hydrogens is 365 g/mol. The van der Waals surface area contributed by atoms with E-state index in [-0.39, 0.29) is 32.2 Å². The van der Waals surface area contributed by atoms with E-state index in [2.05, 4.69) is 5.32 Å². The van der Waals surface area contributed by atoms with Crippen molar-refractivity contribution >= 4 is 17.8 Å². The molecule has 0 bridgehead atoms. The van der Waals surface area contributed by atoms with Crippen LogP contribution in [0.5, 0.6) is 0 Å². The number of aliphatic carboxylic acids is 1. The first-order valence-electron chi connectivity index (χ1n) is 8.52. The number of nitrogens with one attached hydrogen (secondary N) is 1. The highest BCUT2D eigenvalue weighted by molar-refractivity contribution is 5.87. The molecule has 1 aromatic carbocycles. The number of halogens is 3. The van der Waals surface area contributed by atoms with Gasteiger partial charge in [0.05, 0.1) is 11.5 Å². The Morgan fingerprint density at radius 1 is 1.22 bits per heavy atom. The van der Waals surface area contributed by atoms with Crippen LogP contribution in [0.25, 0.3) is 0 Å². The van der Waals surface area contributed by atoms with Gasteiger partial charge in [-0.25, -0.2) is 0 Å². The maximum Gasteiger partial charge on any atom is 0.406 e. The van der Waals surface area contributed by atoms with Gasteiger partial charge in [-0.1, -0.05) is 24.3 Å². The van der Waals surface area contributed by atoms with Crippen LogP contribution in [0.1, 0.15) is 24.0 Å². The summed E-state index contributed by atoms with van der Waals surface area (Å²) in [6, 6.07) is 6.50. The number of carboxylic acids is 1. The summed E-state index contributed by atoms with van der Waals surface area (Å²) in [4.78, 5) is 36.6. The summed E-state index contributed by atoms with van der Waals surface area (Å²) in [5, 5.41) is 12.2. The van der Waals surface area contributed by atoms with Crippen LogP contribution in [0, 0.1) is 5.41 Å². The van der Waals surface area contributed by atoms with Gasteiger partial charge in [0, 0.05) is 19.4 Å². The van der Waals surface area contributed by atoms with Gasteiger partial charge in [0.25, 0.3) is 0 Å². The molecule has 1 aliphatic heterocycles. The van der Waals surface area contributed by atoms with Crippen molar-refractivity contribution in [3.63, 3.8) is 0 Å². The third-order valence-corrected chi connectivity index (χ3v) is 5.08. The molecule has 2 aliphatic rings. The topological polar surface area (TPSA) is 86.7 Å². The van der Waals surface area contributed by atoms with Gasteiger partial charge in [-0.15, -0.1) is 0 Å². The molecule has 2 amide bonds. The maximum absolute atomic E-state index is 12.5. The number of amides is 2. The molecule has 0 unspecified atom stereocenters. The zero-order valence-electron chi connectivity index (χ0n) is 14.4. The number of alkyl halides is 3. The molecule has 9 heteroatoms. The summed E-state index contributed by atoms with van der Waals surface area (Å²) in [6.07, 6.45) is -4.58. The number of nitrogens with zero attached hydrogens (tertiary/aromatic N) is 1. The van der Waals surface area contributed by atoms with Crippen LogP contribution in [-0.2, 0) is 27.2 Å². The van der Waals surface area contributed by atoms with Gasteiger partial charge < -0.3 is 15.3 Å². The fraction of sp³-hybridized carbons (Fsp3) is 0.500. The second-order valence-electron chi connectivity index (χ2n) is 7.24. The maximum atomic E-state index is 12.5. The Hall–Kier alpha value is -2.58. The molecule has 27 heavy (non-hydrogen) atoms. The van der Waals surface area contributed by atoms with Crippen molar-refractivity contribution in [1.82, 2.24) is 10.2 Å². The molecule has 1 fully saturated rings. The van der Waals surface area contributed by atoms with E-state index in [1.807, 2.05) is 12.1 Å². The molecule has 2 N–H and O–H groups in total. The average Bonchev–Trinajstić information content (AvgIpc) is 3.06. The Morgan fingerprint density at radius 3 is 2.33 bits per heavy atom. The number of hydrogen-bond donors (Lipinski definition) is 2. The molecule has 1 aliphatic carbocycles. The first-order chi connectivity index (χ1) is 12.6. The summed E-state index contributed by atoms with van der Waals surface area (Å²) in [5.41, 5.74) is 0.474. The predicted octanol–water partition coefficient (Wildman–Crippen LogP) is 1.53. The predicted molar refractivity (Wildman–Crippen MR) is 87.7 cm³/mol. The normalized spacial score (nSPS) is 21.2. The largest absolute Gasteiger partial charge is 0.481 e. The zero-order chi connectivity index (χ0) is 19.8. The van der Waals surface area contributed by atoms with Gasteiger partial charge in [-0.2, -0.15) is 13.2 Å². The number of carboxylic acid groups (broad SMARTS) is 1. The molecule has 6 nitrogen and oxygen atoms in total. The van der Waals surface area contributed by atoms with Crippen LogP contribution < -0.4 is 5.32 Å². The minimum atomic E-state index is -4.50. The monoisotopic (exact) mass is 384 g/mol. The Morgan fingerprint density at radius 2 is 1.81 bits per heavy atom. The molecule has 1 saturated heterocycles. The second kappa shape index (κ2) is 6.86. The van der Waals surface area contributed by atoms with Crippen LogP contribution in [0.4, 0.5) is 13.2 Å². The molecule has 1 atom stereocenters. The molecule has 0 saturated carbocycles. The standard InChI is InChI=1S/C18H19F3N2O4/c19-18(20,21)10-23-9-13(5-15(23)25)22-14(24)8-17(16(26)27)6-11-3-1-2-4-12(11)7-17/h1-4,13H,5-10H2,(H,22,24)(H,26,27)/t13-/m1/s1. The molecule has 3 rings (SSSR count). The van der Waals surface area contributed by atoms with Crippen molar-refractivity contribution in [3.8, 4) is 0 Å². The smallest absolute Gasteiger partial charge is 0.406 e. The number of rotatable bonds is 5. The summed E-state index contributed by atoms with van der Waals surface area (Å²) in [5.74, 6) is -2.34. The third kappa shape index (κ3) is 4.23. The molecule has 1 aromatic rings. The van der Waals surface area contributed by atoms with E-state index >= 15 is 0 Å². The van der Waals surface area contributed by atoms with Crippen LogP contribution in [-0.4, -0.2) is 53.1 Å². The van der Waals surface area contributed by atoms with E-state index < -0.39 is 42.0 Å². The van der Waals surface area contributed by atoms with E-state index in [0.29, 0.717) is 4.90 Å². The number of hydrogen-bond acceptors (Lipinski definition) is 3. The molecule has 146 valence electrons. The van der Waals surface area contributed by atoms with E-state index in [9.17, 15) is 32.7 Å². The Labute approximate surface area is 153 Å². The van der Waals surface area contributed by atoms with Gasteiger partial charge >= 0.3 is 12.1 Å². The Kier molecular flexibility index (Phi) is 4.88.